The number of hydrogen-bond donors (Lipinski definition) is 1. The largest absolute Gasteiger partial charge is 0.398 e. The van der Waals surface area contributed by atoms with Gasteiger partial charge >= 0.3 is 0 Å². The number of benzene rings is 2. The highest BCUT2D eigenvalue weighted by Gasteiger charge is 2.12. The predicted molar refractivity (Wildman–Crippen MR) is 70.5 cm³/mol. The van der Waals surface area contributed by atoms with Crippen molar-refractivity contribution in [3.63, 3.8) is 0 Å². The summed E-state index contributed by atoms with van der Waals surface area (Å²) < 4.78 is 0. The standard InChI is InChI=1S/C14H12ClNO/c1-9-3-2-4-10(7-9)14(17)12-8-11(15)5-6-13(12)16/h2-8H,16H2,1H3. The van der Waals surface area contributed by atoms with Crippen LogP contribution >= 0.6 is 11.6 Å². The summed E-state index contributed by atoms with van der Waals surface area (Å²) in [6, 6.07) is 12.3. The summed E-state index contributed by atoms with van der Waals surface area (Å²) in [5.74, 6) is -0.103. The maximum Gasteiger partial charge on any atom is 0.195 e. The van der Waals surface area contributed by atoms with Gasteiger partial charge in [-0.1, -0.05) is 35.4 Å². The zero-order valence-electron chi connectivity index (χ0n) is 9.41. The Morgan fingerprint density at radius 1 is 1.18 bits per heavy atom. The highest BCUT2D eigenvalue weighted by molar-refractivity contribution is 6.31. The monoisotopic (exact) mass is 245 g/mol. The molecule has 0 spiro atoms. The summed E-state index contributed by atoms with van der Waals surface area (Å²) in [5, 5.41) is 0.509. The van der Waals surface area contributed by atoms with E-state index in [1.807, 2.05) is 25.1 Å². The molecule has 0 heterocycles. The number of hydrogen-bond acceptors (Lipinski definition) is 2. The average Bonchev–Trinajstić information content (AvgIpc) is 2.31. The van der Waals surface area contributed by atoms with Crippen LogP contribution in [0.1, 0.15) is 21.5 Å². The van der Waals surface area contributed by atoms with Crippen LogP contribution in [0, 0.1) is 6.92 Å². The second kappa shape index (κ2) is 4.60. The molecular formula is C14H12ClNO. The van der Waals surface area contributed by atoms with Crippen LogP contribution in [0.25, 0.3) is 0 Å². The molecule has 3 heteroatoms. The molecule has 0 aliphatic carbocycles. The van der Waals surface area contributed by atoms with Crippen molar-refractivity contribution in [3.05, 3.63) is 64.2 Å². The first-order valence-electron chi connectivity index (χ1n) is 5.24. The molecule has 0 unspecified atom stereocenters. The van der Waals surface area contributed by atoms with E-state index < -0.39 is 0 Å². The molecule has 2 nitrogen and oxygen atoms in total. The van der Waals surface area contributed by atoms with Crippen molar-refractivity contribution in [1.82, 2.24) is 0 Å². The lowest BCUT2D eigenvalue weighted by Crippen LogP contribution is -2.05. The normalized spacial score (nSPS) is 10.2. The van der Waals surface area contributed by atoms with Gasteiger partial charge in [0.25, 0.3) is 0 Å². The number of carbonyl (C=O) groups is 1. The van der Waals surface area contributed by atoms with E-state index in [9.17, 15) is 4.79 Å². The Bertz CT molecular complexity index is 578. The topological polar surface area (TPSA) is 43.1 Å². The average molecular weight is 246 g/mol. The zero-order valence-corrected chi connectivity index (χ0v) is 10.2. The highest BCUT2D eigenvalue weighted by Crippen LogP contribution is 2.21. The van der Waals surface area contributed by atoms with Gasteiger partial charge in [-0.25, -0.2) is 0 Å². The Hall–Kier alpha value is -1.80. The molecule has 17 heavy (non-hydrogen) atoms. The Labute approximate surface area is 105 Å². The highest BCUT2D eigenvalue weighted by atomic mass is 35.5. The first kappa shape index (κ1) is 11.7. The van der Waals surface area contributed by atoms with Gasteiger partial charge in [0, 0.05) is 21.8 Å². The SMILES string of the molecule is Cc1cccc(C(=O)c2cc(Cl)ccc2N)c1. The van der Waals surface area contributed by atoms with E-state index >= 15 is 0 Å². The van der Waals surface area contributed by atoms with Crippen molar-refractivity contribution >= 4 is 23.1 Å². The maximum atomic E-state index is 12.2. The van der Waals surface area contributed by atoms with Crippen LogP contribution in [-0.2, 0) is 0 Å². The van der Waals surface area contributed by atoms with E-state index in [1.165, 1.54) is 0 Å². The molecule has 0 aliphatic heterocycles. The number of anilines is 1. The molecule has 0 fully saturated rings. The third kappa shape index (κ3) is 2.48. The molecule has 0 amide bonds. The van der Waals surface area contributed by atoms with Crippen LogP contribution in [0.5, 0.6) is 0 Å². The van der Waals surface area contributed by atoms with Crippen LogP contribution < -0.4 is 5.73 Å². The third-order valence-corrected chi connectivity index (χ3v) is 2.78. The quantitative estimate of drug-likeness (QED) is 0.650. The lowest BCUT2D eigenvalue weighted by molar-refractivity contribution is 0.103. The van der Waals surface area contributed by atoms with Crippen LogP contribution in [0.2, 0.25) is 5.02 Å². The van der Waals surface area contributed by atoms with Gasteiger partial charge in [0.15, 0.2) is 5.78 Å². The van der Waals surface area contributed by atoms with Gasteiger partial charge < -0.3 is 5.73 Å². The summed E-state index contributed by atoms with van der Waals surface area (Å²) in [6.07, 6.45) is 0. The molecule has 2 N–H and O–H groups in total. The molecule has 0 aliphatic rings. The summed E-state index contributed by atoms with van der Waals surface area (Å²) in [4.78, 5) is 12.2. The van der Waals surface area contributed by atoms with Crippen molar-refractivity contribution in [1.29, 1.82) is 0 Å². The van der Waals surface area contributed by atoms with Gasteiger partial charge in [0.05, 0.1) is 0 Å². The van der Waals surface area contributed by atoms with Crippen molar-refractivity contribution in [2.45, 2.75) is 6.92 Å². The number of ketones is 1. The smallest absolute Gasteiger partial charge is 0.195 e. The number of rotatable bonds is 2. The van der Waals surface area contributed by atoms with Gasteiger partial charge in [-0.05, 0) is 31.2 Å². The number of aryl methyl sites for hydroxylation is 1. The summed E-state index contributed by atoms with van der Waals surface area (Å²) in [7, 11) is 0. The molecule has 0 atom stereocenters. The fourth-order valence-electron chi connectivity index (χ4n) is 1.67. The van der Waals surface area contributed by atoms with Crippen molar-refractivity contribution < 1.29 is 4.79 Å². The molecule has 0 saturated carbocycles. The molecule has 2 aromatic carbocycles. The summed E-state index contributed by atoms with van der Waals surface area (Å²) >= 11 is 5.87. The van der Waals surface area contributed by atoms with Gasteiger partial charge in [-0.15, -0.1) is 0 Å². The van der Waals surface area contributed by atoms with Crippen molar-refractivity contribution in [2.75, 3.05) is 5.73 Å². The number of nitrogens with two attached hydrogens (primary N) is 1. The van der Waals surface area contributed by atoms with Crippen LogP contribution in [0.15, 0.2) is 42.5 Å². The number of halogens is 1. The van der Waals surface area contributed by atoms with Crippen LogP contribution in [-0.4, -0.2) is 5.78 Å². The maximum absolute atomic E-state index is 12.2. The van der Waals surface area contributed by atoms with Crippen LogP contribution in [0.3, 0.4) is 0 Å². The lowest BCUT2D eigenvalue weighted by Gasteiger charge is -2.06. The number of carbonyl (C=O) groups excluding carboxylic acids is 1. The van der Waals surface area contributed by atoms with Crippen molar-refractivity contribution in [2.24, 2.45) is 0 Å². The fourth-order valence-corrected chi connectivity index (χ4v) is 1.84. The first-order chi connectivity index (χ1) is 8.08. The second-order valence-electron chi connectivity index (χ2n) is 3.93. The Balaban J connectivity index is 2.47. The molecule has 0 bridgehead atoms. The van der Waals surface area contributed by atoms with Gasteiger partial charge in [0.2, 0.25) is 0 Å². The Morgan fingerprint density at radius 2 is 1.94 bits per heavy atom. The molecule has 0 saturated heterocycles. The van der Waals surface area contributed by atoms with E-state index in [4.69, 9.17) is 17.3 Å². The van der Waals surface area contributed by atoms with E-state index in [0.29, 0.717) is 21.8 Å². The Morgan fingerprint density at radius 3 is 2.65 bits per heavy atom. The summed E-state index contributed by atoms with van der Waals surface area (Å²) in [5.41, 5.74) is 8.34. The molecule has 86 valence electrons. The summed E-state index contributed by atoms with van der Waals surface area (Å²) in [6.45, 7) is 1.94. The minimum absolute atomic E-state index is 0.103. The fraction of sp³-hybridized carbons (Fsp3) is 0.0714. The lowest BCUT2D eigenvalue weighted by atomic mass is 10.0. The zero-order chi connectivity index (χ0) is 12.4. The molecule has 2 aromatic rings. The van der Waals surface area contributed by atoms with Crippen molar-refractivity contribution in [3.8, 4) is 0 Å². The minimum Gasteiger partial charge on any atom is -0.398 e. The van der Waals surface area contributed by atoms with E-state index in [-0.39, 0.29) is 5.78 Å². The van der Waals surface area contributed by atoms with E-state index in [1.54, 1.807) is 24.3 Å². The molecule has 2 rings (SSSR count). The van der Waals surface area contributed by atoms with Crippen LogP contribution in [0.4, 0.5) is 5.69 Å². The molecule has 0 aromatic heterocycles. The predicted octanol–water partition coefficient (Wildman–Crippen LogP) is 3.46. The van der Waals surface area contributed by atoms with Gasteiger partial charge in [-0.2, -0.15) is 0 Å². The Kier molecular flexibility index (Phi) is 3.16. The third-order valence-electron chi connectivity index (χ3n) is 2.54. The first-order valence-corrected chi connectivity index (χ1v) is 5.62. The molecular weight excluding hydrogens is 234 g/mol. The minimum atomic E-state index is -0.103. The van der Waals surface area contributed by atoms with Gasteiger partial charge in [0.1, 0.15) is 0 Å². The van der Waals surface area contributed by atoms with E-state index in [2.05, 4.69) is 0 Å². The van der Waals surface area contributed by atoms with Gasteiger partial charge in [-0.3, -0.25) is 4.79 Å². The molecule has 0 radical (unpaired) electrons. The number of nitrogen functional groups attached to an aromatic ring is 1. The second-order valence-corrected chi connectivity index (χ2v) is 4.37. The van der Waals surface area contributed by atoms with E-state index in [0.717, 1.165) is 5.56 Å².